The Balaban J connectivity index is 0.000000941. The summed E-state index contributed by atoms with van der Waals surface area (Å²) in [5, 5.41) is 0. The van der Waals surface area contributed by atoms with E-state index in [-0.39, 0.29) is 0 Å². The van der Waals surface area contributed by atoms with Crippen molar-refractivity contribution >= 4 is 31.3 Å². The van der Waals surface area contributed by atoms with E-state index in [2.05, 4.69) is 59.4 Å². The van der Waals surface area contributed by atoms with Crippen molar-refractivity contribution in [3.05, 3.63) is 23.5 Å². The topological polar surface area (TPSA) is 37.7 Å². The Kier molecular flexibility index (Phi) is 10.8. The van der Waals surface area contributed by atoms with Crippen LogP contribution in [0.1, 0.15) is 40.5 Å². The van der Waals surface area contributed by atoms with E-state index in [9.17, 15) is 0 Å². The van der Waals surface area contributed by atoms with E-state index in [4.69, 9.17) is 29.4 Å². The predicted molar refractivity (Wildman–Crippen MR) is 121 cm³/mol. The molecule has 2 fully saturated rings. The Hall–Kier alpha value is -0.777. The Morgan fingerprint density at radius 3 is 1.62 bits per heavy atom. The molecule has 3 rings (SSSR count). The van der Waals surface area contributed by atoms with Gasteiger partial charge in [0.2, 0.25) is 11.9 Å². The fraction of sp³-hybridized carbons (Fsp3) is 0.700. The third-order valence-electron chi connectivity index (χ3n) is 5.51. The van der Waals surface area contributed by atoms with Gasteiger partial charge >= 0.3 is 34.5 Å². The summed E-state index contributed by atoms with van der Waals surface area (Å²) >= 11 is -0.931. The van der Waals surface area contributed by atoms with Crippen LogP contribution < -0.4 is 0 Å². The average Bonchev–Trinajstić information content (AvgIpc) is 3.32. The SMILES string of the molecule is CCN1CCN(CC)C1=NC1=C(N=C2N(CC)CCN2CC)CCC=C1.[Cl][Zn][Cl]. The zero-order chi connectivity index (χ0) is 21.2. The number of nitrogens with zero attached hydrogens (tertiary/aromatic N) is 6. The van der Waals surface area contributed by atoms with Crippen molar-refractivity contribution < 1.29 is 15.1 Å². The number of allylic oxidation sites excluding steroid dienone is 3. The molecule has 0 aromatic carbocycles. The van der Waals surface area contributed by atoms with Crippen LogP contribution in [0.3, 0.4) is 0 Å². The number of hydrogen-bond donors (Lipinski definition) is 0. The second-order valence-electron chi connectivity index (χ2n) is 7.02. The van der Waals surface area contributed by atoms with E-state index < -0.39 is 15.1 Å². The standard InChI is InChI=1S/C20H34N6.2ClH.Zn/c1-5-23-13-14-24(6-2)19(23)21-17-11-9-10-12-18(17)22-20-25(7-3)15-16-26(20)8-4;;;/h9,11H,5-8,10,12-16H2,1-4H3;2*1H;/q;;;+2/p-2. The quantitative estimate of drug-likeness (QED) is 0.524. The number of hydrogen-bond acceptors (Lipinski definition) is 2. The summed E-state index contributed by atoms with van der Waals surface area (Å²) in [6.07, 6.45) is 6.42. The van der Waals surface area contributed by atoms with Gasteiger partial charge in [-0.05, 0) is 46.6 Å². The second kappa shape index (κ2) is 12.8. The molecule has 0 N–H and O–H groups in total. The van der Waals surface area contributed by atoms with Gasteiger partial charge in [0.15, 0.2) is 0 Å². The normalized spacial score (nSPS) is 19.0. The molecule has 0 atom stereocenters. The van der Waals surface area contributed by atoms with Gasteiger partial charge in [0, 0.05) is 52.4 Å². The molecule has 160 valence electrons. The van der Waals surface area contributed by atoms with E-state index in [0.717, 1.165) is 88.5 Å². The summed E-state index contributed by atoms with van der Waals surface area (Å²) in [7, 11) is 9.90. The van der Waals surface area contributed by atoms with E-state index in [1.807, 2.05) is 0 Å². The van der Waals surface area contributed by atoms with Crippen LogP contribution in [0, 0.1) is 0 Å². The summed E-state index contributed by atoms with van der Waals surface area (Å²) in [6, 6.07) is 0. The number of rotatable bonds is 6. The van der Waals surface area contributed by atoms with Crippen LogP contribution in [0.5, 0.6) is 0 Å². The molecule has 9 heteroatoms. The van der Waals surface area contributed by atoms with Gasteiger partial charge in [0.1, 0.15) is 0 Å². The summed E-state index contributed by atoms with van der Waals surface area (Å²) in [5.74, 6) is 2.24. The molecule has 0 radical (unpaired) electrons. The number of likely N-dealkylation sites (N-methyl/N-ethyl adjacent to an activating group) is 4. The van der Waals surface area contributed by atoms with Crippen LogP contribution in [0.15, 0.2) is 33.5 Å². The Morgan fingerprint density at radius 2 is 1.21 bits per heavy atom. The summed E-state index contributed by atoms with van der Waals surface area (Å²) in [4.78, 5) is 19.7. The van der Waals surface area contributed by atoms with Crippen molar-refractivity contribution in [1.82, 2.24) is 19.6 Å². The van der Waals surface area contributed by atoms with Gasteiger partial charge < -0.3 is 19.6 Å². The molecule has 0 amide bonds. The molecule has 29 heavy (non-hydrogen) atoms. The third-order valence-corrected chi connectivity index (χ3v) is 5.51. The molecular formula is C20H34Cl2N6Zn. The van der Waals surface area contributed by atoms with E-state index in [0.29, 0.717) is 0 Å². The molecule has 0 unspecified atom stereocenters. The molecule has 6 nitrogen and oxygen atoms in total. The van der Waals surface area contributed by atoms with Crippen LogP contribution in [0.2, 0.25) is 0 Å². The molecule has 0 aromatic heterocycles. The van der Waals surface area contributed by atoms with Gasteiger partial charge in [-0.25, -0.2) is 9.98 Å². The van der Waals surface area contributed by atoms with Crippen molar-refractivity contribution in [2.24, 2.45) is 9.98 Å². The van der Waals surface area contributed by atoms with Crippen molar-refractivity contribution in [2.45, 2.75) is 40.5 Å². The molecule has 2 saturated heterocycles. The van der Waals surface area contributed by atoms with Gasteiger partial charge in [-0.3, -0.25) is 0 Å². The summed E-state index contributed by atoms with van der Waals surface area (Å²) in [5.41, 5.74) is 2.17. The predicted octanol–water partition coefficient (Wildman–Crippen LogP) is 3.95. The fourth-order valence-electron chi connectivity index (χ4n) is 3.85. The van der Waals surface area contributed by atoms with Crippen LogP contribution >= 0.6 is 19.4 Å². The van der Waals surface area contributed by atoms with Crippen LogP contribution in [-0.4, -0.2) is 83.9 Å². The van der Waals surface area contributed by atoms with Gasteiger partial charge in [-0.1, -0.05) is 6.08 Å². The molecule has 0 spiro atoms. The summed E-state index contributed by atoms with van der Waals surface area (Å²) in [6.45, 7) is 17.1. The van der Waals surface area contributed by atoms with E-state index in [1.54, 1.807) is 0 Å². The van der Waals surface area contributed by atoms with Crippen molar-refractivity contribution in [3.8, 4) is 0 Å². The van der Waals surface area contributed by atoms with Crippen molar-refractivity contribution in [1.29, 1.82) is 0 Å². The summed E-state index contributed by atoms with van der Waals surface area (Å²) < 4.78 is 0. The molecule has 1 aliphatic carbocycles. The maximum atomic E-state index is 5.12. The Morgan fingerprint density at radius 1 is 0.793 bits per heavy atom. The third kappa shape index (κ3) is 6.35. The minimum atomic E-state index is -0.931. The van der Waals surface area contributed by atoms with E-state index in [1.165, 1.54) is 0 Å². The zero-order valence-electron chi connectivity index (χ0n) is 18.4. The number of aliphatic imine (C=N–C) groups is 2. The first-order valence-electron chi connectivity index (χ1n) is 10.8. The second-order valence-corrected chi connectivity index (χ2v) is 11.6. The number of guanidine groups is 2. The average molecular weight is 495 g/mol. The number of halogens is 2. The van der Waals surface area contributed by atoms with Crippen molar-refractivity contribution in [3.63, 3.8) is 0 Å². The fourth-order valence-corrected chi connectivity index (χ4v) is 3.85. The van der Waals surface area contributed by atoms with Gasteiger partial charge in [0.25, 0.3) is 0 Å². The molecule has 0 bridgehead atoms. The van der Waals surface area contributed by atoms with Crippen molar-refractivity contribution in [2.75, 3.05) is 52.4 Å². The van der Waals surface area contributed by atoms with E-state index >= 15 is 0 Å². The van der Waals surface area contributed by atoms with Gasteiger partial charge in [0.05, 0.1) is 11.4 Å². The zero-order valence-corrected chi connectivity index (χ0v) is 22.9. The maximum absolute atomic E-state index is 5.12. The molecular weight excluding hydrogens is 461 g/mol. The van der Waals surface area contributed by atoms with Crippen LogP contribution in [0.4, 0.5) is 0 Å². The Bertz CT molecular complexity index is 621. The van der Waals surface area contributed by atoms with Crippen LogP contribution in [0.25, 0.3) is 0 Å². The Labute approximate surface area is 192 Å². The van der Waals surface area contributed by atoms with Gasteiger partial charge in [-0.2, -0.15) is 0 Å². The molecule has 3 aliphatic rings. The van der Waals surface area contributed by atoms with Gasteiger partial charge in [-0.15, -0.1) is 0 Å². The van der Waals surface area contributed by atoms with Crippen LogP contribution in [-0.2, 0) is 15.1 Å². The molecule has 0 saturated carbocycles. The molecule has 2 aliphatic heterocycles. The molecule has 2 heterocycles. The minimum absolute atomic E-state index is 0.931. The first-order chi connectivity index (χ1) is 14.1. The first kappa shape index (κ1) is 24.5. The first-order valence-corrected chi connectivity index (χ1v) is 18.6. The monoisotopic (exact) mass is 492 g/mol. The molecule has 0 aromatic rings.